The molecule has 0 unspecified atom stereocenters. The summed E-state index contributed by atoms with van der Waals surface area (Å²) in [5, 5.41) is 8.37. The standard InChI is InChI=1S/C8H8O2.C6H7N3O/c9-8(10)6-7-4-2-1-3-5-7;7-9-6(10)5-2-1-3-8-4-5/h1-5H,6H2,(H,9,10);1-4H,7H2,(H,9,10). The van der Waals surface area contributed by atoms with Crippen molar-refractivity contribution in [2.75, 3.05) is 0 Å². The van der Waals surface area contributed by atoms with Gasteiger partial charge in [0.1, 0.15) is 0 Å². The molecule has 0 aliphatic carbocycles. The number of nitrogen functional groups attached to an aromatic ring is 1. The zero-order chi connectivity index (χ0) is 14.8. The number of carboxylic acids is 1. The summed E-state index contributed by atoms with van der Waals surface area (Å²) in [5.41, 5.74) is 3.31. The Bertz CT molecular complexity index is 544. The van der Waals surface area contributed by atoms with Gasteiger partial charge in [-0.05, 0) is 17.7 Å². The van der Waals surface area contributed by atoms with Gasteiger partial charge < -0.3 is 5.11 Å². The topological polar surface area (TPSA) is 105 Å². The van der Waals surface area contributed by atoms with Crippen LogP contribution >= 0.6 is 0 Å². The number of hydrazine groups is 1. The van der Waals surface area contributed by atoms with Gasteiger partial charge in [-0.1, -0.05) is 30.3 Å². The van der Waals surface area contributed by atoms with E-state index in [9.17, 15) is 9.59 Å². The molecule has 0 saturated carbocycles. The Morgan fingerprint density at radius 2 is 1.85 bits per heavy atom. The molecule has 0 aliphatic rings. The monoisotopic (exact) mass is 273 g/mol. The Kier molecular flexibility index (Phi) is 6.43. The van der Waals surface area contributed by atoms with Crippen molar-refractivity contribution in [3.63, 3.8) is 0 Å². The van der Waals surface area contributed by atoms with Crippen molar-refractivity contribution in [3.8, 4) is 0 Å². The number of aromatic nitrogens is 1. The number of rotatable bonds is 3. The van der Waals surface area contributed by atoms with Crippen LogP contribution in [0.4, 0.5) is 0 Å². The van der Waals surface area contributed by atoms with Gasteiger partial charge in [0.25, 0.3) is 5.91 Å². The van der Waals surface area contributed by atoms with Crippen LogP contribution in [-0.2, 0) is 11.2 Å². The van der Waals surface area contributed by atoms with Crippen molar-refractivity contribution < 1.29 is 14.7 Å². The molecule has 6 nitrogen and oxygen atoms in total. The summed E-state index contributed by atoms with van der Waals surface area (Å²) in [6.07, 6.45) is 3.15. The Morgan fingerprint density at radius 1 is 1.15 bits per heavy atom. The highest BCUT2D eigenvalue weighted by atomic mass is 16.4. The zero-order valence-corrected chi connectivity index (χ0v) is 10.7. The molecule has 4 N–H and O–H groups in total. The first kappa shape index (κ1) is 15.3. The van der Waals surface area contributed by atoms with Gasteiger partial charge in [-0.25, -0.2) is 5.84 Å². The molecule has 1 aromatic heterocycles. The highest BCUT2D eigenvalue weighted by Gasteiger charge is 1.99. The van der Waals surface area contributed by atoms with E-state index in [2.05, 4.69) is 4.98 Å². The summed E-state index contributed by atoms with van der Waals surface area (Å²) in [6.45, 7) is 0. The van der Waals surface area contributed by atoms with E-state index in [1.54, 1.807) is 30.5 Å². The van der Waals surface area contributed by atoms with E-state index in [0.29, 0.717) is 5.56 Å². The number of carbonyl (C=O) groups is 2. The summed E-state index contributed by atoms with van der Waals surface area (Å²) in [6, 6.07) is 12.4. The molecule has 1 aromatic carbocycles. The molecular formula is C14H15N3O3. The number of benzene rings is 1. The third kappa shape index (κ3) is 5.74. The first-order valence-electron chi connectivity index (χ1n) is 5.80. The van der Waals surface area contributed by atoms with Crippen molar-refractivity contribution in [2.24, 2.45) is 5.84 Å². The minimum Gasteiger partial charge on any atom is -0.481 e. The van der Waals surface area contributed by atoms with Crippen LogP contribution in [-0.4, -0.2) is 22.0 Å². The Hall–Kier alpha value is -2.73. The third-order valence-electron chi connectivity index (χ3n) is 2.25. The molecule has 1 amide bonds. The van der Waals surface area contributed by atoms with Crippen LogP contribution in [0, 0.1) is 0 Å². The third-order valence-corrected chi connectivity index (χ3v) is 2.25. The molecule has 0 spiro atoms. The zero-order valence-electron chi connectivity index (χ0n) is 10.7. The number of carbonyl (C=O) groups excluding carboxylic acids is 1. The number of nitrogens with zero attached hydrogens (tertiary/aromatic N) is 1. The highest BCUT2D eigenvalue weighted by molar-refractivity contribution is 5.93. The first-order chi connectivity index (χ1) is 9.63. The lowest BCUT2D eigenvalue weighted by Gasteiger charge is -1.95. The minimum atomic E-state index is -0.786. The number of pyridine rings is 1. The second-order valence-corrected chi connectivity index (χ2v) is 3.77. The van der Waals surface area contributed by atoms with Crippen LogP contribution in [0.2, 0.25) is 0 Å². The molecule has 6 heteroatoms. The molecule has 2 aromatic rings. The fourth-order valence-corrected chi connectivity index (χ4v) is 1.35. The number of hydrogen-bond donors (Lipinski definition) is 3. The van der Waals surface area contributed by atoms with E-state index < -0.39 is 5.97 Å². The average molecular weight is 273 g/mol. The summed E-state index contributed by atoms with van der Waals surface area (Å²) < 4.78 is 0. The van der Waals surface area contributed by atoms with Gasteiger partial charge in [0.05, 0.1) is 12.0 Å². The maximum atomic E-state index is 10.7. The normalized spacial score (nSPS) is 9.05. The molecule has 0 saturated heterocycles. The summed E-state index contributed by atoms with van der Waals surface area (Å²) in [7, 11) is 0. The molecule has 1 heterocycles. The van der Waals surface area contributed by atoms with Crippen LogP contribution in [0.5, 0.6) is 0 Å². The van der Waals surface area contributed by atoms with Crippen molar-refractivity contribution in [1.82, 2.24) is 10.4 Å². The van der Waals surface area contributed by atoms with E-state index in [4.69, 9.17) is 10.9 Å². The van der Waals surface area contributed by atoms with Crippen molar-refractivity contribution >= 4 is 11.9 Å². The first-order valence-corrected chi connectivity index (χ1v) is 5.80. The fourth-order valence-electron chi connectivity index (χ4n) is 1.35. The Labute approximate surface area is 116 Å². The second-order valence-electron chi connectivity index (χ2n) is 3.77. The van der Waals surface area contributed by atoms with Crippen molar-refractivity contribution in [1.29, 1.82) is 0 Å². The van der Waals surface area contributed by atoms with Gasteiger partial charge in [0.2, 0.25) is 0 Å². The van der Waals surface area contributed by atoms with E-state index in [0.717, 1.165) is 5.56 Å². The van der Waals surface area contributed by atoms with Crippen LogP contribution in [0.25, 0.3) is 0 Å². The summed E-state index contributed by atoms with van der Waals surface area (Å²) in [4.78, 5) is 24.6. The van der Waals surface area contributed by atoms with Crippen LogP contribution in [0.15, 0.2) is 54.9 Å². The van der Waals surface area contributed by atoms with E-state index in [1.807, 2.05) is 23.6 Å². The fraction of sp³-hybridized carbons (Fsp3) is 0.0714. The van der Waals surface area contributed by atoms with Crippen LogP contribution in [0.3, 0.4) is 0 Å². The predicted octanol–water partition coefficient (Wildman–Crippen LogP) is 0.999. The van der Waals surface area contributed by atoms with Crippen molar-refractivity contribution in [3.05, 3.63) is 66.0 Å². The lowest BCUT2D eigenvalue weighted by atomic mass is 10.2. The molecule has 0 radical (unpaired) electrons. The lowest BCUT2D eigenvalue weighted by molar-refractivity contribution is -0.136. The van der Waals surface area contributed by atoms with Gasteiger partial charge >= 0.3 is 5.97 Å². The largest absolute Gasteiger partial charge is 0.481 e. The van der Waals surface area contributed by atoms with Crippen LogP contribution < -0.4 is 11.3 Å². The van der Waals surface area contributed by atoms with Gasteiger partial charge in [0, 0.05) is 12.4 Å². The lowest BCUT2D eigenvalue weighted by Crippen LogP contribution is -2.29. The van der Waals surface area contributed by atoms with Gasteiger partial charge in [-0.15, -0.1) is 0 Å². The van der Waals surface area contributed by atoms with Crippen LogP contribution in [0.1, 0.15) is 15.9 Å². The highest BCUT2D eigenvalue weighted by Crippen LogP contribution is 1.98. The molecule has 0 bridgehead atoms. The number of aliphatic carboxylic acids is 1. The SMILES string of the molecule is NNC(=O)c1cccnc1.O=C(O)Cc1ccccc1. The number of nitrogens with one attached hydrogen (secondary N) is 1. The number of carboxylic acid groups (broad SMARTS) is 1. The number of nitrogens with two attached hydrogens (primary N) is 1. The second kappa shape index (κ2) is 8.39. The minimum absolute atomic E-state index is 0.112. The molecule has 0 aliphatic heterocycles. The smallest absolute Gasteiger partial charge is 0.307 e. The average Bonchev–Trinajstić information content (AvgIpc) is 2.48. The van der Waals surface area contributed by atoms with E-state index in [1.165, 1.54) is 6.20 Å². The summed E-state index contributed by atoms with van der Waals surface area (Å²) >= 11 is 0. The molecule has 0 atom stereocenters. The van der Waals surface area contributed by atoms with E-state index in [-0.39, 0.29) is 12.3 Å². The molecule has 0 fully saturated rings. The van der Waals surface area contributed by atoms with Gasteiger partial charge in [0.15, 0.2) is 0 Å². The van der Waals surface area contributed by atoms with Crippen molar-refractivity contribution in [2.45, 2.75) is 6.42 Å². The number of amides is 1. The summed E-state index contributed by atoms with van der Waals surface area (Å²) in [5.74, 6) is 3.76. The van der Waals surface area contributed by atoms with Gasteiger partial charge in [-0.3, -0.25) is 20.0 Å². The molecule has 20 heavy (non-hydrogen) atoms. The quantitative estimate of drug-likeness (QED) is 0.439. The molecule has 104 valence electrons. The number of hydrogen-bond acceptors (Lipinski definition) is 4. The predicted molar refractivity (Wildman–Crippen MR) is 73.7 cm³/mol. The van der Waals surface area contributed by atoms with E-state index >= 15 is 0 Å². The maximum Gasteiger partial charge on any atom is 0.307 e. The maximum absolute atomic E-state index is 10.7. The molecule has 2 rings (SSSR count). The molecular weight excluding hydrogens is 258 g/mol. The van der Waals surface area contributed by atoms with Gasteiger partial charge in [-0.2, -0.15) is 0 Å². The Morgan fingerprint density at radius 3 is 2.35 bits per heavy atom. The Balaban J connectivity index is 0.000000200.